The molecular weight excluding hydrogens is 308 g/mol. The highest BCUT2D eigenvalue weighted by Crippen LogP contribution is 2.28. The Balaban J connectivity index is 2.81. The molecule has 0 saturated carbocycles. The van der Waals surface area contributed by atoms with Gasteiger partial charge in [-0.1, -0.05) is 13.8 Å². The fraction of sp³-hybridized carbons (Fsp3) is 0.714. The number of nitrogens with zero attached hydrogens (tertiary/aromatic N) is 2. The lowest BCUT2D eigenvalue weighted by molar-refractivity contribution is -0.128. The molecule has 0 radical (unpaired) electrons. The summed E-state index contributed by atoms with van der Waals surface area (Å²) in [6, 6.07) is -0.169. The molecule has 1 amide bonds. The molecule has 0 N–H and O–H groups in total. The Kier molecular flexibility index (Phi) is 5.92. The molecule has 0 bridgehead atoms. The van der Waals surface area contributed by atoms with E-state index in [4.69, 9.17) is 0 Å². The average Bonchev–Trinajstić information content (AvgIpc) is 2.64. The lowest BCUT2D eigenvalue weighted by Crippen LogP contribution is -2.35. The van der Waals surface area contributed by atoms with Gasteiger partial charge in [0.15, 0.2) is 9.84 Å². The Morgan fingerprint density at radius 1 is 1.29 bits per heavy atom. The van der Waals surface area contributed by atoms with E-state index in [0.717, 1.165) is 15.6 Å². The fourth-order valence-electron chi connectivity index (χ4n) is 2.18. The van der Waals surface area contributed by atoms with Crippen LogP contribution in [0.2, 0.25) is 0 Å². The second kappa shape index (κ2) is 6.87. The predicted molar refractivity (Wildman–Crippen MR) is 86.3 cm³/mol. The van der Waals surface area contributed by atoms with Crippen molar-refractivity contribution in [2.45, 2.75) is 40.7 Å². The molecule has 7 heteroatoms. The molecule has 0 aliphatic carbocycles. The number of hydrogen-bond acceptors (Lipinski definition) is 5. The fourth-order valence-corrected chi connectivity index (χ4v) is 4.92. The van der Waals surface area contributed by atoms with E-state index in [2.05, 4.69) is 4.98 Å². The number of carbonyl (C=O) groups excluding carboxylic acids is 1. The molecule has 0 saturated heterocycles. The van der Waals surface area contributed by atoms with E-state index in [-0.39, 0.29) is 23.6 Å². The largest absolute Gasteiger partial charge is 0.337 e. The van der Waals surface area contributed by atoms with Crippen molar-refractivity contribution in [3.63, 3.8) is 0 Å². The number of aryl methyl sites for hydroxylation is 2. The van der Waals surface area contributed by atoms with E-state index >= 15 is 0 Å². The molecule has 1 aromatic heterocycles. The minimum absolute atomic E-state index is 0.0249. The zero-order valence-electron chi connectivity index (χ0n) is 13.5. The number of thiazole rings is 1. The smallest absolute Gasteiger partial charge is 0.238 e. The number of rotatable bonds is 6. The van der Waals surface area contributed by atoms with Crippen LogP contribution >= 0.6 is 11.3 Å². The van der Waals surface area contributed by atoms with Gasteiger partial charge in [0.05, 0.1) is 22.5 Å². The maximum absolute atomic E-state index is 12.2. The highest BCUT2D eigenvalue weighted by molar-refractivity contribution is 7.92. The summed E-state index contributed by atoms with van der Waals surface area (Å²) in [5, 5.41) is 0.947. The van der Waals surface area contributed by atoms with Crippen LogP contribution in [0, 0.1) is 19.8 Å². The van der Waals surface area contributed by atoms with Crippen LogP contribution in [0.1, 0.15) is 42.4 Å². The highest BCUT2D eigenvalue weighted by atomic mass is 32.2. The van der Waals surface area contributed by atoms with Crippen molar-refractivity contribution in [3.8, 4) is 0 Å². The van der Waals surface area contributed by atoms with Gasteiger partial charge < -0.3 is 4.90 Å². The Bertz CT molecular complexity index is 606. The number of amides is 1. The highest BCUT2D eigenvalue weighted by Gasteiger charge is 2.25. The second-order valence-electron chi connectivity index (χ2n) is 5.81. The normalized spacial score (nSPS) is 13.5. The number of aromatic nitrogens is 1. The van der Waals surface area contributed by atoms with Gasteiger partial charge in [0.1, 0.15) is 5.75 Å². The number of carbonyl (C=O) groups is 1. The van der Waals surface area contributed by atoms with Crippen LogP contribution in [-0.4, -0.2) is 42.8 Å². The Morgan fingerprint density at radius 2 is 1.86 bits per heavy atom. The van der Waals surface area contributed by atoms with Crippen LogP contribution in [0.5, 0.6) is 0 Å². The molecule has 0 aliphatic heterocycles. The predicted octanol–water partition coefficient (Wildman–Crippen LogP) is 2.35. The first-order valence-electron chi connectivity index (χ1n) is 6.93. The molecule has 1 rings (SSSR count). The van der Waals surface area contributed by atoms with Gasteiger partial charge in [0.25, 0.3) is 0 Å². The first kappa shape index (κ1) is 18.1. The van der Waals surface area contributed by atoms with E-state index < -0.39 is 15.6 Å². The SMILES string of the molecule is Cc1nc(C)c(C(C)N(C)C(=O)CS(=O)(=O)CC(C)C)s1. The first-order chi connectivity index (χ1) is 9.53. The third-order valence-electron chi connectivity index (χ3n) is 3.22. The van der Waals surface area contributed by atoms with E-state index in [1.165, 1.54) is 4.90 Å². The maximum Gasteiger partial charge on any atom is 0.238 e. The van der Waals surface area contributed by atoms with Gasteiger partial charge in [-0.05, 0) is 26.7 Å². The summed E-state index contributed by atoms with van der Waals surface area (Å²) in [5.74, 6) is -0.729. The maximum atomic E-state index is 12.2. The van der Waals surface area contributed by atoms with Gasteiger partial charge in [0, 0.05) is 11.9 Å². The summed E-state index contributed by atoms with van der Waals surface area (Å²) < 4.78 is 23.9. The summed E-state index contributed by atoms with van der Waals surface area (Å²) in [6.45, 7) is 9.38. The Hall–Kier alpha value is -0.950. The zero-order valence-corrected chi connectivity index (χ0v) is 15.1. The monoisotopic (exact) mass is 332 g/mol. The molecule has 1 unspecified atom stereocenters. The second-order valence-corrected chi connectivity index (χ2v) is 9.16. The van der Waals surface area contributed by atoms with Crippen molar-refractivity contribution in [3.05, 3.63) is 15.6 Å². The molecule has 0 aliphatic rings. The third-order valence-corrected chi connectivity index (χ3v) is 6.33. The van der Waals surface area contributed by atoms with E-state index in [1.807, 2.05) is 34.6 Å². The quantitative estimate of drug-likeness (QED) is 0.802. The molecule has 5 nitrogen and oxygen atoms in total. The van der Waals surface area contributed by atoms with Gasteiger partial charge >= 0.3 is 0 Å². The van der Waals surface area contributed by atoms with Gasteiger partial charge in [-0.25, -0.2) is 13.4 Å². The number of hydrogen-bond donors (Lipinski definition) is 0. The molecule has 0 fully saturated rings. The molecule has 120 valence electrons. The van der Waals surface area contributed by atoms with Crippen molar-refractivity contribution >= 4 is 27.1 Å². The lowest BCUT2D eigenvalue weighted by atomic mass is 10.2. The van der Waals surface area contributed by atoms with Crippen molar-refractivity contribution in [2.24, 2.45) is 5.92 Å². The van der Waals surface area contributed by atoms with E-state index in [1.54, 1.807) is 18.4 Å². The summed E-state index contributed by atoms with van der Waals surface area (Å²) in [5.41, 5.74) is 0.898. The Morgan fingerprint density at radius 3 is 2.29 bits per heavy atom. The summed E-state index contributed by atoms with van der Waals surface area (Å²) in [7, 11) is -1.70. The van der Waals surface area contributed by atoms with Gasteiger partial charge in [-0.2, -0.15) is 0 Å². The van der Waals surface area contributed by atoms with Crippen LogP contribution in [0.3, 0.4) is 0 Å². The summed E-state index contributed by atoms with van der Waals surface area (Å²) >= 11 is 1.54. The van der Waals surface area contributed by atoms with Gasteiger partial charge in [-0.15, -0.1) is 11.3 Å². The van der Waals surface area contributed by atoms with Crippen LogP contribution in [-0.2, 0) is 14.6 Å². The topological polar surface area (TPSA) is 67.3 Å². The van der Waals surface area contributed by atoms with Crippen molar-refractivity contribution < 1.29 is 13.2 Å². The molecule has 0 spiro atoms. The van der Waals surface area contributed by atoms with Crippen LogP contribution in [0.4, 0.5) is 0 Å². The molecule has 1 heterocycles. The molecule has 21 heavy (non-hydrogen) atoms. The molecular formula is C14H24N2O3S2. The average molecular weight is 332 g/mol. The molecule has 0 aromatic carbocycles. The standard InChI is InChI=1S/C14H24N2O3S2/c1-9(2)7-21(18,19)8-13(17)16(6)11(4)14-10(3)15-12(5)20-14/h9,11H,7-8H2,1-6H3. The minimum atomic E-state index is -3.35. The minimum Gasteiger partial charge on any atom is -0.337 e. The van der Waals surface area contributed by atoms with Crippen molar-refractivity contribution in [1.29, 1.82) is 0 Å². The van der Waals surface area contributed by atoms with Gasteiger partial charge in [-0.3, -0.25) is 4.79 Å². The Labute approximate surface area is 131 Å². The summed E-state index contributed by atoms with van der Waals surface area (Å²) in [6.07, 6.45) is 0. The molecule has 1 atom stereocenters. The third kappa shape index (κ3) is 5.07. The summed E-state index contributed by atoms with van der Waals surface area (Å²) in [4.78, 5) is 19.1. The number of sulfone groups is 1. The van der Waals surface area contributed by atoms with Crippen molar-refractivity contribution in [1.82, 2.24) is 9.88 Å². The van der Waals surface area contributed by atoms with Crippen LogP contribution < -0.4 is 0 Å². The van der Waals surface area contributed by atoms with E-state index in [0.29, 0.717) is 0 Å². The lowest BCUT2D eigenvalue weighted by Gasteiger charge is -2.24. The van der Waals surface area contributed by atoms with E-state index in [9.17, 15) is 13.2 Å². The zero-order chi connectivity index (χ0) is 16.4. The van der Waals surface area contributed by atoms with Crippen molar-refractivity contribution in [2.75, 3.05) is 18.6 Å². The van der Waals surface area contributed by atoms with Crippen LogP contribution in [0.25, 0.3) is 0 Å². The van der Waals surface area contributed by atoms with Gasteiger partial charge in [0.2, 0.25) is 5.91 Å². The molecule has 1 aromatic rings. The van der Waals surface area contributed by atoms with Crippen LogP contribution in [0.15, 0.2) is 0 Å². The first-order valence-corrected chi connectivity index (χ1v) is 9.57.